The third kappa shape index (κ3) is 5.31. The fraction of sp³-hybridized carbons (Fsp3) is 0.190. The molecule has 0 bridgehead atoms. The van der Waals surface area contributed by atoms with Crippen LogP contribution in [-0.2, 0) is 13.0 Å². The molecule has 0 atom stereocenters. The van der Waals surface area contributed by atoms with Crippen LogP contribution in [0, 0.1) is 0 Å². The number of amides is 1. The molecule has 0 aliphatic carbocycles. The maximum absolute atomic E-state index is 13.2. The van der Waals surface area contributed by atoms with Crippen LogP contribution in [0.4, 0.5) is 0 Å². The van der Waals surface area contributed by atoms with E-state index in [1.54, 1.807) is 4.90 Å². The summed E-state index contributed by atoms with van der Waals surface area (Å²) in [5.74, 6) is -0.183. The number of aromatic nitrogens is 2. The lowest BCUT2D eigenvalue weighted by atomic mass is 10.1. The van der Waals surface area contributed by atoms with Crippen LogP contribution in [0.25, 0.3) is 0 Å². The second-order valence-electron chi connectivity index (χ2n) is 6.00. The Labute approximate surface area is 168 Å². The molecule has 0 aliphatic rings. The van der Waals surface area contributed by atoms with E-state index in [9.17, 15) is 4.79 Å². The number of rotatable bonds is 7. The van der Waals surface area contributed by atoms with Gasteiger partial charge in [-0.15, -0.1) is 0 Å². The summed E-state index contributed by atoms with van der Waals surface area (Å²) >= 11 is 7.61. The van der Waals surface area contributed by atoms with Gasteiger partial charge >= 0.3 is 0 Å². The number of halogens is 1. The van der Waals surface area contributed by atoms with Gasteiger partial charge in [-0.25, -0.2) is 9.97 Å². The zero-order valence-electron chi connectivity index (χ0n) is 15.0. The maximum atomic E-state index is 13.2. The zero-order valence-corrected chi connectivity index (χ0v) is 16.6. The summed E-state index contributed by atoms with van der Waals surface area (Å²) in [6.07, 6.45) is 4.12. The van der Waals surface area contributed by atoms with Crippen molar-refractivity contribution < 1.29 is 4.79 Å². The predicted molar refractivity (Wildman–Crippen MR) is 110 cm³/mol. The fourth-order valence-corrected chi connectivity index (χ4v) is 3.23. The number of thioether (sulfide) groups is 1. The van der Waals surface area contributed by atoms with Crippen molar-refractivity contribution in [3.63, 3.8) is 0 Å². The first kappa shape index (κ1) is 19.4. The van der Waals surface area contributed by atoms with Gasteiger partial charge in [-0.05, 0) is 23.8 Å². The van der Waals surface area contributed by atoms with Crippen molar-refractivity contribution in [2.24, 2.45) is 0 Å². The van der Waals surface area contributed by atoms with Crippen molar-refractivity contribution >= 4 is 29.3 Å². The highest BCUT2D eigenvalue weighted by atomic mass is 35.5. The molecule has 0 radical (unpaired) electrons. The molecule has 138 valence electrons. The normalized spacial score (nSPS) is 10.6. The van der Waals surface area contributed by atoms with Gasteiger partial charge in [0.1, 0.15) is 0 Å². The van der Waals surface area contributed by atoms with Crippen molar-refractivity contribution in [3.05, 3.63) is 88.7 Å². The van der Waals surface area contributed by atoms with Gasteiger partial charge in [-0.2, -0.15) is 0 Å². The van der Waals surface area contributed by atoms with Gasteiger partial charge in [0.2, 0.25) is 0 Å². The standard InChI is InChI=1S/C21H20ClN3OS/c1-27-21-23-14-18(22)19(24-21)20(26)25(15-17-10-6-3-7-11-17)13-12-16-8-4-2-5-9-16/h2-11,14H,12-13,15H2,1H3. The Kier molecular flexibility index (Phi) is 6.85. The number of hydrogen-bond donors (Lipinski definition) is 0. The highest BCUT2D eigenvalue weighted by Gasteiger charge is 2.21. The van der Waals surface area contributed by atoms with Gasteiger partial charge in [0.05, 0.1) is 11.2 Å². The highest BCUT2D eigenvalue weighted by molar-refractivity contribution is 7.98. The summed E-state index contributed by atoms with van der Waals surface area (Å²) in [5.41, 5.74) is 2.50. The SMILES string of the molecule is CSc1ncc(Cl)c(C(=O)N(CCc2ccccc2)Cc2ccccc2)n1. The molecule has 0 saturated carbocycles. The van der Waals surface area contributed by atoms with Gasteiger partial charge in [0.15, 0.2) is 10.9 Å². The van der Waals surface area contributed by atoms with E-state index in [1.807, 2.05) is 54.8 Å². The Morgan fingerprint density at radius 2 is 1.67 bits per heavy atom. The minimum atomic E-state index is -0.183. The first-order valence-corrected chi connectivity index (χ1v) is 10.2. The van der Waals surface area contributed by atoms with Crippen molar-refractivity contribution in [2.75, 3.05) is 12.8 Å². The number of benzene rings is 2. The van der Waals surface area contributed by atoms with Crippen molar-refractivity contribution in [2.45, 2.75) is 18.1 Å². The van der Waals surface area contributed by atoms with E-state index < -0.39 is 0 Å². The molecule has 1 amide bonds. The summed E-state index contributed by atoms with van der Waals surface area (Å²) in [7, 11) is 0. The Balaban J connectivity index is 1.84. The van der Waals surface area contributed by atoms with E-state index in [2.05, 4.69) is 22.1 Å². The van der Waals surface area contributed by atoms with Crippen LogP contribution in [0.15, 0.2) is 72.0 Å². The van der Waals surface area contributed by atoms with Crippen LogP contribution >= 0.6 is 23.4 Å². The van der Waals surface area contributed by atoms with Gasteiger partial charge in [-0.3, -0.25) is 4.79 Å². The van der Waals surface area contributed by atoms with Gasteiger partial charge in [0, 0.05) is 13.1 Å². The predicted octanol–water partition coefficient (Wildman–Crippen LogP) is 4.74. The third-order valence-electron chi connectivity index (χ3n) is 4.12. The van der Waals surface area contributed by atoms with E-state index in [0.717, 1.165) is 12.0 Å². The van der Waals surface area contributed by atoms with Crippen molar-refractivity contribution in [1.29, 1.82) is 0 Å². The highest BCUT2D eigenvalue weighted by Crippen LogP contribution is 2.19. The molecule has 6 heteroatoms. The van der Waals surface area contributed by atoms with E-state index in [0.29, 0.717) is 18.2 Å². The zero-order chi connectivity index (χ0) is 19.1. The van der Waals surface area contributed by atoms with E-state index >= 15 is 0 Å². The minimum Gasteiger partial charge on any atom is -0.333 e. The van der Waals surface area contributed by atoms with Crippen LogP contribution in [0.1, 0.15) is 21.6 Å². The molecule has 2 aromatic carbocycles. The topological polar surface area (TPSA) is 46.1 Å². The number of carbonyl (C=O) groups excluding carboxylic acids is 1. The van der Waals surface area contributed by atoms with Crippen LogP contribution in [0.3, 0.4) is 0 Å². The minimum absolute atomic E-state index is 0.183. The molecule has 0 spiro atoms. The molecule has 0 N–H and O–H groups in total. The number of nitrogens with zero attached hydrogens (tertiary/aromatic N) is 3. The van der Waals surface area contributed by atoms with E-state index in [1.165, 1.54) is 23.5 Å². The second-order valence-corrected chi connectivity index (χ2v) is 7.18. The molecule has 0 fully saturated rings. The molecule has 4 nitrogen and oxygen atoms in total. The largest absolute Gasteiger partial charge is 0.333 e. The summed E-state index contributed by atoms with van der Waals surface area (Å²) in [6.45, 7) is 1.08. The molecule has 0 aliphatic heterocycles. The summed E-state index contributed by atoms with van der Waals surface area (Å²) < 4.78 is 0. The molecule has 1 heterocycles. The molecule has 1 aromatic heterocycles. The summed E-state index contributed by atoms with van der Waals surface area (Å²) in [6, 6.07) is 20.1. The summed E-state index contributed by atoms with van der Waals surface area (Å²) in [4.78, 5) is 23.5. The monoisotopic (exact) mass is 397 g/mol. The fourth-order valence-electron chi connectivity index (χ4n) is 2.71. The lowest BCUT2D eigenvalue weighted by Gasteiger charge is -2.23. The molecular weight excluding hydrogens is 378 g/mol. The third-order valence-corrected chi connectivity index (χ3v) is 4.96. The lowest BCUT2D eigenvalue weighted by molar-refractivity contribution is 0.0738. The van der Waals surface area contributed by atoms with Gasteiger partial charge in [-0.1, -0.05) is 84.0 Å². The molecule has 27 heavy (non-hydrogen) atoms. The smallest absolute Gasteiger partial charge is 0.274 e. The number of hydrogen-bond acceptors (Lipinski definition) is 4. The maximum Gasteiger partial charge on any atom is 0.274 e. The molecule has 3 aromatic rings. The average Bonchev–Trinajstić information content (AvgIpc) is 2.72. The molecule has 3 rings (SSSR count). The first-order chi connectivity index (χ1) is 13.2. The van der Waals surface area contributed by atoms with Crippen LogP contribution in [0.5, 0.6) is 0 Å². The van der Waals surface area contributed by atoms with E-state index in [-0.39, 0.29) is 16.6 Å². The Morgan fingerprint density at radius 1 is 1.04 bits per heavy atom. The first-order valence-electron chi connectivity index (χ1n) is 8.61. The summed E-state index contributed by atoms with van der Waals surface area (Å²) in [5, 5.41) is 0.807. The average molecular weight is 398 g/mol. The lowest BCUT2D eigenvalue weighted by Crippen LogP contribution is -2.33. The van der Waals surface area contributed by atoms with Crippen molar-refractivity contribution in [1.82, 2.24) is 14.9 Å². The second kappa shape index (κ2) is 9.53. The van der Waals surface area contributed by atoms with Crippen LogP contribution in [-0.4, -0.2) is 33.6 Å². The Bertz CT molecular complexity index is 890. The molecule has 0 saturated heterocycles. The van der Waals surface area contributed by atoms with Crippen molar-refractivity contribution in [3.8, 4) is 0 Å². The Morgan fingerprint density at radius 3 is 2.30 bits per heavy atom. The van der Waals surface area contributed by atoms with Gasteiger partial charge in [0.25, 0.3) is 5.91 Å². The van der Waals surface area contributed by atoms with Crippen LogP contribution < -0.4 is 0 Å². The molecular formula is C21H20ClN3OS. The number of carbonyl (C=O) groups is 1. The molecule has 0 unspecified atom stereocenters. The van der Waals surface area contributed by atoms with E-state index in [4.69, 9.17) is 11.6 Å². The van der Waals surface area contributed by atoms with Crippen LogP contribution in [0.2, 0.25) is 5.02 Å². The van der Waals surface area contributed by atoms with Gasteiger partial charge < -0.3 is 4.90 Å². The quantitative estimate of drug-likeness (QED) is 0.427. The Hall–Kier alpha value is -2.37.